The van der Waals surface area contributed by atoms with Gasteiger partial charge in [0.25, 0.3) is 5.91 Å². The summed E-state index contributed by atoms with van der Waals surface area (Å²) in [5.41, 5.74) is 2.43. The van der Waals surface area contributed by atoms with E-state index in [4.69, 9.17) is 14.2 Å². The van der Waals surface area contributed by atoms with E-state index in [1.807, 2.05) is 76.4 Å². The average molecular weight is 809 g/mol. The lowest BCUT2D eigenvalue weighted by atomic mass is 9.82. The quantitative estimate of drug-likeness (QED) is 0.0791. The van der Waals surface area contributed by atoms with Crippen LogP contribution in [0.5, 0.6) is 5.75 Å². The summed E-state index contributed by atoms with van der Waals surface area (Å²) in [7, 11) is 0.602. The molecule has 4 heterocycles. The Bertz CT molecular complexity index is 2070. The van der Waals surface area contributed by atoms with E-state index in [-0.39, 0.29) is 60.3 Å². The monoisotopic (exact) mass is 808 g/mol. The number of amides is 2. The number of carbonyl (C=O) groups is 3. The maximum atomic E-state index is 15.2. The molecular formula is C44H56N6O7Si. The average Bonchev–Trinajstić information content (AvgIpc) is 4.04. The smallest absolute Gasteiger partial charge is 0.305 e. The molecule has 2 fully saturated rings. The molecule has 4 aromatic rings. The van der Waals surface area contributed by atoms with Crippen molar-refractivity contribution in [3.8, 4) is 5.75 Å². The number of ether oxygens (including phenoxy) is 3. The Kier molecular flexibility index (Phi) is 12.5. The summed E-state index contributed by atoms with van der Waals surface area (Å²) in [6.45, 7) is 8.44. The number of aliphatic hydroxyl groups excluding tert-OH is 1. The topological polar surface area (TPSA) is 157 Å². The van der Waals surface area contributed by atoms with E-state index in [0.29, 0.717) is 43.7 Å². The molecule has 14 heteroatoms. The minimum atomic E-state index is -2.44. The van der Waals surface area contributed by atoms with Gasteiger partial charge in [-0.25, -0.2) is 0 Å². The number of aryl methyl sites for hydroxylation is 1. The third-order valence-electron chi connectivity index (χ3n) is 12.7. The highest BCUT2D eigenvalue weighted by Crippen LogP contribution is 2.60. The van der Waals surface area contributed by atoms with Crippen LogP contribution in [0, 0.1) is 5.92 Å². The van der Waals surface area contributed by atoms with Crippen molar-refractivity contribution < 1.29 is 33.7 Å². The van der Waals surface area contributed by atoms with Gasteiger partial charge in [-0.2, -0.15) is 0 Å². The van der Waals surface area contributed by atoms with Crippen LogP contribution in [0.4, 0.5) is 11.4 Å². The first kappa shape index (κ1) is 41.3. The van der Waals surface area contributed by atoms with E-state index in [9.17, 15) is 14.7 Å². The molecular weight excluding hydrogens is 753 g/mol. The van der Waals surface area contributed by atoms with E-state index in [1.54, 1.807) is 7.11 Å². The number of unbranched alkanes of at least 4 members (excludes halogenated alkanes) is 1. The lowest BCUT2D eigenvalue weighted by Crippen LogP contribution is -2.52. The summed E-state index contributed by atoms with van der Waals surface area (Å²) in [6, 6.07) is 23.5. The van der Waals surface area contributed by atoms with Crippen molar-refractivity contribution in [2.45, 2.75) is 94.3 Å². The molecule has 3 aliphatic rings. The molecule has 58 heavy (non-hydrogen) atoms. The molecule has 3 aliphatic heterocycles. The Morgan fingerprint density at radius 1 is 1.07 bits per heavy atom. The number of methoxy groups -OCH3 is 2. The van der Waals surface area contributed by atoms with Gasteiger partial charge in [0.15, 0.2) is 5.60 Å². The molecule has 3 N–H and O–H groups in total. The molecule has 7 rings (SSSR count). The molecule has 1 unspecified atom stereocenters. The van der Waals surface area contributed by atoms with Crippen molar-refractivity contribution in [1.29, 1.82) is 0 Å². The lowest BCUT2D eigenvalue weighted by molar-refractivity contribution is -0.146. The van der Waals surface area contributed by atoms with E-state index in [1.165, 1.54) is 12.3 Å². The number of aromatic nitrogens is 3. The number of carbonyl (C=O) groups excluding carboxylic acids is 3. The number of rotatable bonds is 16. The SMILES string of the molecule is COC(=O)CCCCN1C(=O)[C@]2(O[C@H](CCn3cc(C(CO)c4ccccc4)nn3)[C@@H]([Si](C)(C)c3ccc(OC)cc3)[C@@H]2C)c2cc(NC(=O)[C@H]3CCCN3)ccc21. The number of esters is 1. The van der Waals surface area contributed by atoms with Gasteiger partial charge in [0.1, 0.15) is 5.75 Å². The second-order valence-electron chi connectivity index (χ2n) is 16.4. The maximum absolute atomic E-state index is 15.2. The molecule has 1 aromatic heterocycles. The summed E-state index contributed by atoms with van der Waals surface area (Å²) in [5, 5.41) is 26.9. The minimum Gasteiger partial charge on any atom is -0.497 e. The Labute approximate surface area is 341 Å². The van der Waals surface area contributed by atoms with E-state index in [2.05, 4.69) is 53.1 Å². The number of nitrogens with zero attached hydrogens (tertiary/aromatic N) is 4. The molecule has 6 atom stereocenters. The molecule has 0 radical (unpaired) electrons. The van der Waals surface area contributed by atoms with Gasteiger partial charge in [-0.1, -0.05) is 72.9 Å². The van der Waals surface area contributed by atoms with Crippen LogP contribution in [0.3, 0.4) is 0 Å². The highest BCUT2D eigenvalue weighted by Gasteiger charge is 2.66. The fourth-order valence-corrected chi connectivity index (χ4v) is 13.6. The summed E-state index contributed by atoms with van der Waals surface area (Å²) in [4.78, 5) is 42.3. The van der Waals surface area contributed by atoms with Gasteiger partial charge in [0, 0.05) is 42.9 Å². The van der Waals surface area contributed by atoms with Crippen LogP contribution in [0.15, 0.2) is 79.0 Å². The number of anilines is 2. The Morgan fingerprint density at radius 2 is 1.84 bits per heavy atom. The van der Waals surface area contributed by atoms with Crippen LogP contribution in [0.1, 0.15) is 68.2 Å². The zero-order valence-corrected chi connectivity index (χ0v) is 35.1. The van der Waals surface area contributed by atoms with Crippen molar-refractivity contribution in [3.05, 3.63) is 95.8 Å². The van der Waals surface area contributed by atoms with Gasteiger partial charge < -0.3 is 34.9 Å². The summed E-state index contributed by atoms with van der Waals surface area (Å²) in [5.74, 6) is -0.280. The zero-order chi connectivity index (χ0) is 41.0. The largest absolute Gasteiger partial charge is 0.497 e. The van der Waals surface area contributed by atoms with Crippen molar-refractivity contribution in [2.24, 2.45) is 5.92 Å². The number of hydrogen-bond acceptors (Lipinski definition) is 10. The second-order valence-corrected chi connectivity index (χ2v) is 21.0. The number of aliphatic hydroxyl groups is 1. The summed E-state index contributed by atoms with van der Waals surface area (Å²) >= 11 is 0. The van der Waals surface area contributed by atoms with Crippen LogP contribution in [0.2, 0.25) is 18.6 Å². The van der Waals surface area contributed by atoms with Crippen molar-refractivity contribution in [1.82, 2.24) is 20.3 Å². The molecule has 2 saturated heterocycles. The molecule has 1 spiro atoms. The Balaban J connectivity index is 1.25. The first-order valence-corrected chi connectivity index (χ1v) is 23.5. The first-order chi connectivity index (χ1) is 28.0. The molecule has 0 aliphatic carbocycles. The predicted octanol–water partition coefficient (Wildman–Crippen LogP) is 5.10. The summed E-state index contributed by atoms with van der Waals surface area (Å²) < 4.78 is 19.6. The number of benzene rings is 3. The first-order valence-electron chi connectivity index (χ1n) is 20.5. The fraction of sp³-hybridized carbons (Fsp3) is 0.477. The highest BCUT2D eigenvalue weighted by atomic mass is 28.3. The van der Waals surface area contributed by atoms with Crippen molar-refractivity contribution in [3.63, 3.8) is 0 Å². The number of nitrogens with one attached hydrogen (secondary N) is 2. The molecule has 308 valence electrons. The van der Waals surface area contributed by atoms with E-state index >= 15 is 4.79 Å². The van der Waals surface area contributed by atoms with Gasteiger partial charge in [0.2, 0.25) is 5.91 Å². The third kappa shape index (κ3) is 7.94. The molecule has 2 amide bonds. The molecule has 0 bridgehead atoms. The van der Waals surface area contributed by atoms with Crippen LogP contribution < -0.4 is 25.5 Å². The van der Waals surface area contributed by atoms with Gasteiger partial charge in [0.05, 0.1) is 58.3 Å². The minimum absolute atomic E-state index is 0.0181. The standard InChI is InChI=1S/C44H56N6O7Si/c1-29-41(58(4,5)33-19-17-32(55-2)18-20-33)39(22-25-49-27-37(47-48-49)34(28-51)30-12-7-6-8-13-30)57-44(29)35-26-31(46-42(53)36-14-11-23-45-36)16-21-38(35)50(43(44)54)24-10-9-15-40(52)56-3/h6-8,12-13,16-21,26-27,29,34,36,39,41,45,51H,9-11,14-15,22-25,28H2,1-5H3,(H,46,53)/t29-,34?,36+,39+,41-,44+/m0/s1. The van der Waals surface area contributed by atoms with Gasteiger partial charge in [-0.15, -0.1) is 5.10 Å². The molecule has 13 nitrogen and oxygen atoms in total. The maximum Gasteiger partial charge on any atom is 0.305 e. The Hall–Kier alpha value is -4.89. The highest BCUT2D eigenvalue weighted by molar-refractivity contribution is 6.91. The number of hydrogen-bond donors (Lipinski definition) is 3. The van der Waals surface area contributed by atoms with Crippen LogP contribution >= 0.6 is 0 Å². The van der Waals surface area contributed by atoms with Crippen LogP contribution in [0.25, 0.3) is 0 Å². The van der Waals surface area contributed by atoms with Crippen molar-refractivity contribution in [2.75, 3.05) is 44.1 Å². The Morgan fingerprint density at radius 3 is 2.53 bits per heavy atom. The second kappa shape index (κ2) is 17.5. The third-order valence-corrected chi connectivity index (χ3v) is 17.0. The molecule has 3 aromatic carbocycles. The lowest BCUT2D eigenvalue weighted by Gasteiger charge is -2.37. The van der Waals surface area contributed by atoms with Crippen LogP contribution in [-0.4, -0.2) is 92.0 Å². The zero-order valence-electron chi connectivity index (χ0n) is 34.1. The van der Waals surface area contributed by atoms with Gasteiger partial charge in [-0.3, -0.25) is 19.1 Å². The van der Waals surface area contributed by atoms with E-state index < -0.39 is 13.7 Å². The van der Waals surface area contributed by atoms with Crippen molar-refractivity contribution >= 4 is 42.4 Å². The predicted molar refractivity (Wildman–Crippen MR) is 224 cm³/mol. The van der Waals surface area contributed by atoms with Gasteiger partial charge >= 0.3 is 5.97 Å². The fourth-order valence-electron chi connectivity index (χ4n) is 9.56. The molecule has 0 saturated carbocycles. The number of fused-ring (bicyclic) bond motifs is 2. The van der Waals surface area contributed by atoms with Crippen LogP contribution in [-0.2, 0) is 36.0 Å². The summed E-state index contributed by atoms with van der Waals surface area (Å²) in [6.07, 6.45) is 5.26. The normalized spacial score (nSPS) is 23.3. The van der Waals surface area contributed by atoms with Gasteiger partial charge in [-0.05, 0) is 80.1 Å². The van der Waals surface area contributed by atoms with E-state index in [0.717, 1.165) is 42.0 Å².